The molecule has 4 nitrogen and oxygen atoms in total. The largest absolute Gasteiger partial charge is 0.392 e. The van der Waals surface area contributed by atoms with Gasteiger partial charge in [-0.15, -0.1) is 0 Å². The first-order chi connectivity index (χ1) is 8.44. The third-order valence-corrected chi connectivity index (χ3v) is 5.03. The summed E-state index contributed by atoms with van der Waals surface area (Å²) in [5.74, 6) is 0.475. The maximum atomic E-state index is 12.2. The summed E-state index contributed by atoms with van der Waals surface area (Å²) < 4.78 is 27.0. The maximum Gasteiger partial charge on any atom is 0.240 e. The van der Waals surface area contributed by atoms with E-state index in [0.717, 1.165) is 18.4 Å². The van der Waals surface area contributed by atoms with Crippen molar-refractivity contribution in [2.24, 2.45) is 5.92 Å². The zero-order valence-electron chi connectivity index (χ0n) is 10.7. The molecule has 18 heavy (non-hydrogen) atoms. The highest BCUT2D eigenvalue weighted by Gasteiger charge is 2.31. The smallest absolute Gasteiger partial charge is 0.240 e. The van der Waals surface area contributed by atoms with Gasteiger partial charge in [0.05, 0.1) is 11.5 Å². The van der Waals surface area contributed by atoms with E-state index in [9.17, 15) is 13.5 Å². The molecule has 1 unspecified atom stereocenters. The monoisotopic (exact) mass is 269 g/mol. The van der Waals surface area contributed by atoms with Crippen LogP contribution in [0.1, 0.15) is 30.9 Å². The van der Waals surface area contributed by atoms with Crippen LogP contribution in [0.3, 0.4) is 0 Å². The van der Waals surface area contributed by atoms with Gasteiger partial charge in [0.25, 0.3) is 0 Å². The molecule has 0 bridgehead atoms. The summed E-state index contributed by atoms with van der Waals surface area (Å²) in [6.45, 7) is 3.60. The van der Waals surface area contributed by atoms with E-state index in [0.29, 0.717) is 11.5 Å². The Hall–Kier alpha value is -0.910. The lowest BCUT2D eigenvalue weighted by Crippen LogP contribution is -2.34. The van der Waals surface area contributed by atoms with Crippen molar-refractivity contribution in [3.8, 4) is 0 Å². The highest BCUT2D eigenvalue weighted by atomic mass is 32.2. The number of benzene rings is 1. The molecule has 1 fully saturated rings. The van der Waals surface area contributed by atoms with Crippen LogP contribution in [0.25, 0.3) is 0 Å². The molecule has 0 heterocycles. The van der Waals surface area contributed by atoms with Gasteiger partial charge in [-0.3, -0.25) is 0 Å². The summed E-state index contributed by atoms with van der Waals surface area (Å²) in [7, 11) is -3.48. The summed E-state index contributed by atoms with van der Waals surface area (Å²) in [6.07, 6.45) is 2.19. The van der Waals surface area contributed by atoms with Gasteiger partial charge in [-0.1, -0.05) is 6.07 Å². The van der Waals surface area contributed by atoms with Crippen molar-refractivity contribution in [1.82, 2.24) is 4.72 Å². The fourth-order valence-electron chi connectivity index (χ4n) is 1.99. The van der Waals surface area contributed by atoms with Gasteiger partial charge in [0, 0.05) is 6.04 Å². The summed E-state index contributed by atoms with van der Waals surface area (Å²) in [5.41, 5.74) is 1.55. The van der Waals surface area contributed by atoms with E-state index in [1.165, 1.54) is 6.07 Å². The molecule has 5 heteroatoms. The summed E-state index contributed by atoms with van der Waals surface area (Å²) >= 11 is 0. The number of hydrogen-bond acceptors (Lipinski definition) is 3. The molecule has 1 aliphatic carbocycles. The van der Waals surface area contributed by atoms with Crippen LogP contribution in [-0.4, -0.2) is 19.6 Å². The van der Waals surface area contributed by atoms with Crippen molar-refractivity contribution in [3.63, 3.8) is 0 Å². The van der Waals surface area contributed by atoms with Crippen LogP contribution >= 0.6 is 0 Å². The third kappa shape index (κ3) is 2.91. The van der Waals surface area contributed by atoms with Crippen molar-refractivity contribution in [2.75, 3.05) is 0 Å². The first kappa shape index (κ1) is 13.5. The predicted molar refractivity (Wildman–Crippen MR) is 69.6 cm³/mol. The molecule has 2 N–H and O–H groups in total. The number of aliphatic hydroxyl groups excluding tert-OH is 1. The molecule has 0 radical (unpaired) electrons. The van der Waals surface area contributed by atoms with E-state index in [2.05, 4.69) is 4.72 Å². The normalized spacial score (nSPS) is 17.7. The number of aliphatic hydroxyl groups is 1. The maximum absolute atomic E-state index is 12.2. The first-order valence-corrected chi connectivity index (χ1v) is 7.65. The molecule has 0 saturated heterocycles. The molecule has 1 aliphatic rings. The molecule has 1 atom stereocenters. The summed E-state index contributed by atoms with van der Waals surface area (Å²) in [6, 6.07) is 4.82. The Labute approximate surface area is 108 Å². The Morgan fingerprint density at radius 3 is 2.67 bits per heavy atom. The standard InChI is InChI=1S/C13H19NO3S/c1-9-3-6-13(7-12(9)8-15)18(16,17)14-10(2)11-4-5-11/h3,6-7,10-11,14-15H,4-5,8H2,1-2H3. The van der Waals surface area contributed by atoms with Crippen molar-refractivity contribution < 1.29 is 13.5 Å². The Balaban J connectivity index is 2.23. The van der Waals surface area contributed by atoms with Gasteiger partial charge < -0.3 is 5.11 Å². The van der Waals surface area contributed by atoms with Crippen LogP contribution in [-0.2, 0) is 16.6 Å². The second kappa shape index (κ2) is 4.99. The molecule has 1 aromatic carbocycles. The van der Waals surface area contributed by atoms with E-state index in [4.69, 9.17) is 0 Å². The van der Waals surface area contributed by atoms with Gasteiger partial charge in [-0.05, 0) is 55.9 Å². The van der Waals surface area contributed by atoms with E-state index >= 15 is 0 Å². The average molecular weight is 269 g/mol. The molecule has 1 aromatic rings. The topological polar surface area (TPSA) is 66.4 Å². The van der Waals surface area contributed by atoms with E-state index in [-0.39, 0.29) is 17.5 Å². The van der Waals surface area contributed by atoms with Gasteiger partial charge in [0.2, 0.25) is 10.0 Å². The van der Waals surface area contributed by atoms with Crippen LogP contribution in [0.4, 0.5) is 0 Å². The number of rotatable bonds is 5. The number of aryl methyl sites for hydroxylation is 1. The Morgan fingerprint density at radius 1 is 1.44 bits per heavy atom. The lowest BCUT2D eigenvalue weighted by molar-refractivity contribution is 0.280. The highest BCUT2D eigenvalue weighted by Crippen LogP contribution is 2.33. The van der Waals surface area contributed by atoms with Crippen molar-refractivity contribution >= 4 is 10.0 Å². The molecule has 2 rings (SSSR count). The second-order valence-corrected chi connectivity index (χ2v) is 6.71. The third-order valence-electron chi connectivity index (χ3n) is 3.47. The molecule has 1 saturated carbocycles. The lowest BCUT2D eigenvalue weighted by Gasteiger charge is -2.14. The number of sulfonamides is 1. The number of hydrogen-bond donors (Lipinski definition) is 2. The summed E-state index contributed by atoms with van der Waals surface area (Å²) in [5, 5.41) is 9.17. The fourth-order valence-corrected chi connectivity index (χ4v) is 3.35. The fraction of sp³-hybridized carbons (Fsp3) is 0.538. The van der Waals surface area contributed by atoms with E-state index < -0.39 is 10.0 Å². The molecule has 0 aromatic heterocycles. The minimum atomic E-state index is -3.48. The van der Waals surface area contributed by atoms with Crippen LogP contribution in [0, 0.1) is 12.8 Å². The molecule has 0 spiro atoms. The Kier molecular flexibility index (Phi) is 3.75. The second-order valence-electron chi connectivity index (χ2n) is 4.99. The minimum Gasteiger partial charge on any atom is -0.392 e. The zero-order chi connectivity index (χ0) is 13.3. The summed E-state index contributed by atoms with van der Waals surface area (Å²) in [4.78, 5) is 0.227. The van der Waals surface area contributed by atoms with Crippen LogP contribution < -0.4 is 4.72 Å². The van der Waals surface area contributed by atoms with E-state index in [1.54, 1.807) is 12.1 Å². The zero-order valence-corrected chi connectivity index (χ0v) is 11.5. The quantitative estimate of drug-likeness (QED) is 0.852. The Bertz CT molecular complexity index is 535. The van der Waals surface area contributed by atoms with Crippen LogP contribution in [0.15, 0.2) is 23.1 Å². The SMILES string of the molecule is Cc1ccc(S(=O)(=O)NC(C)C2CC2)cc1CO. The van der Waals surface area contributed by atoms with Gasteiger partial charge in [0.15, 0.2) is 0 Å². The average Bonchev–Trinajstić information content (AvgIpc) is 3.12. The van der Waals surface area contributed by atoms with Gasteiger partial charge in [-0.25, -0.2) is 13.1 Å². The molecular formula is C13H19NO3S. The first-order valence-electron chi connectivity index (χ1n) is 6.17. The predicted octanol–water partition coefficient (Wildman–Crippen LogP) is 1.56. The van der Waals surface area contributed by atoms with Crippen LogP contribution in [0.2, 0.25) is 0 Å². The number of nitrogens with one attached hydrogen (secondary N) is 1. The van der Waals surface area contributed by atoms with Gasteiger partial charge >= 0.3 is 0 Å². The lowest BCUT2D eigenvalue weighted by atomic mass is 10.1. The highest BCUT2D eigenvalue weighted by molar-refractivity contribution is 7.89. The molecule has 0 aliphatic heterocycles. The van der Waals surface area contributed by atoms with E-state index in [1.807, 2.05) is 13.8 Å². The molecule has 0 amide bonds. The van der Waals surface area contributed by atoms with Crippen LogP contribution in [0.5, 0.6) is 0 Å². The molecule has 100 valence electrons. The van der Waals surface area contributed by atoms with Gasteiger partial charge in [0.1, 0.15) is 0 Å². The minimum absolute atomic E-state index is 0.0196. The van der Waals surface area contributed by atoms with Crippen molar-refractivity contribution in [1.29, 1.82) is 0 Å². The van der Waals surface area contributed by atoms with Crippen molar-refractivity contribution in [3.05, 3.63) is 29.3 Å². The van der Waals surface area contributed by atoms with Gasteiger partial charge in [-0.2, -0.15) is 0 Å². The Morgan fingerprint density at radius 2 is 2.11 bits per heavy atom. The molecular weight excluding hydrogens is 250 g/mol. The van der Waals surface area contributed by atoms with Crippen molar-refractivity contribution in [2.45, 2.75) is 44.2 Å².